The highest BCUT2D eigenvalue weighted by Gasteiger charge is 2.08. The molecule has 3 aromatic rings. The summed E-state index contributed by atoms with van der Waals surface area (Å²) in [7, 11) is 0. The number of benzene rings is 2. The molecule has 7 heteroatoms. The topological polar surface area (TPSA) is 63.2 Å². The van der Waals surface area contributed by atoms with Crippen molar-refractivity contribution in [3.05, 3.63) is 88.7 Å². The van der Waals surface area contributed by atoms with Gasteiger partial charge < -0.3 is 15.4 Å². The average Bonchev–Trinajstić information content (AvgIpc) is 2.74. The number of nitrogens with zero attached hydrogens (tertiary/aromatic N) is 1. The summed E-state index contributed by atoms with van der Waals surface area (Å²) in [5, 5.41) is 7.02. The summed E-state index contributed by atoms with van der Waals surface area (Å²) in [4.78, 5) is 16.0. The summed E-state index contributed by atoms with van der Waals surface area (Å²) in [6.45, 7) is 5.45. The van der Waals surface area contributed by atoms with Gasteiger partial charge in [0.2, 0.25) is 5.91 Å². The molecule has 0 aliphatic carbocycles. The van der Waals surface area contributed by atoms with Gasteiger partial charge in [0.05, 0.1) is 0 Å². The van der Waals surface area contributed by atoms with Crippen LogP contribution in [-0.2, 0) is 24.5 Å². The zero-order valence-electron chi connectivity index (χ0n) is 17.6. The first-order chi connectivity index (χ1) is 14.5. The van der Waals surface area contributed by atoms with Crippen LogP contribution in [0.25, 0.3) is 0 Å². The van der Waals surface area contributed by atoms with Gasteiger partial charge >= 0.3 is 0 Å². The minimum Gasteiger partial charge on any atom is -0.489 e. The van der Waals surface area contributed by atoms with Crippen LogP contribution in [0, 0.1) is 5.92 Å². The van der Waals surface area contributed by atoms with E-state index in [-0.39, 0.29) is 24.2 Å². The molecular weight excluding hydrogens is 433 g/mol. The van der Waals surface area contributed by atoms with Crippen molar-refractivity contribution < 1.29 is 9.53 Å². The third-order valence-corrected chi connectivity index (χ3v) is 4.74. The molecule has 1 amide bonds. The van der Waals surface area contributed by atoms with Crippen molar-refractivity contribution in [3.63, 3.8) is 0 Å². The number of rotatable bonds is 9. The Bertz CT molecular complexity index is 982. The monoisotopic (exact) mass is 459 g/mol. The summed E-state index contributed by atoms with van der Waals surface area (Å²) >= 11 is 6.19. The van der Waals surface area contributed by atoms with Crippen molar-refractivity contribution >= 4 is 35.6 Å². The molecule has 0 saturated carbocycles. The molecule has 2 N–H and O–H groups in total. The summed E-state index contributed by atoms with van der Waals surface area (Å²) in [6.07, 6.45) is 3.53. The molecule has 0 fully saturated rings. The van der Waals surface area contributed by atoms with Crippen LogP contribution >= 0.6 is 24.0 Å². The molecule has 0 aliphatic rings. The first kappa shape index (κ1) is 24.7. The van der Waals surface area contributed by atoms with Crippen molar-refractivity contribution in [2.24, 2.45) is 5.92 Å². The minimum absolute atomic E-state index is 0. The molecule has 1 aromatic heterocycles. The maximum absolute atomic E-state index is 11.9. The summed E-state index contributed by atoms with van der Waals surface area (Å²) in [5.74, 6) is 0.739. The highest BCUT2D eigenvalue weighted by atomic mass is 35.5. The van der Waals surface area contributed by atoms with Crippen LogP contribution in [0.15, 0.2) is 67.0 Å². The van der Waals surface area contributed by atoms with Crippen LogP contribution in [-0.4, -0.2) is 10.9 Å². The first-order valence-electron chi connectivity index (χ1n) is 9.92. The van der Waals surface area contributed by atoms with E-state index < -0.39 is 0 Å². The standard InChI is InChI=1S/C24H26ClN3O2.ClH/c1-17(2)24(29)28-22-7-3-5-18(11-22)13-27-15-20-12-21(25)8-9-23(20)30-16-19-6-4-10-26-14-19;/h3-12,14,17,27H,13,15-16H2,1-2H3,(H,28,29);1H. The van der Waals surface area contributed by atoms with Gasteiger partial charge in [0.1, 0.15) is 12.4 Å². The van der Waals surface area contributed by atoms with Gasteiger partial charge in [-0.15, -0.1) is 12.4 Å². The smallest absolute Gasteiger partial charge is 0.226 e. The number of anilines is 1. The maximum Gasteiger partial charge on any atom is 0.226 e. The lowest BCUT2D eigenvalue weighted by molar-refractivity contribution is -0.118. The molecule has 3 rings (SSSR count). The van der Waals surface area contributed by atoms with E-state index in [1.807, 2.05) is 68.4 Å². The second-order valence-corrected chi connectivity index (χ2v) is 7.79. The van der Waals surface area contributed by atoms with Crippen LogP contribution in [0.3, 0.4) is 0 Å². The fourth-order valence-corrected chi connectivity index (χ4v) is 3.05. The number of ether oxygens (including phenoxy) is 1. The Morgan fingerprint density at radius 2 is 1.87 bits per heavy atom. The second-order valence-electron chi connectivity index (χ2n) is 7.35. The van der Waals surface area contributed by atoms with Crippen molar-refractivity contribution in [1.29, 1.82) is 0 Å². The molecule has 2 aromatic carbocycles. The number of hydrogen-bond acceptors (Lipinski definition) is 4. The Kier molecular flexibility index (Phi) is 9.79. The van der Waals surface area contributed by atoms with Crippen molar-refractivity contribution in [2.45, 2.75) is 33.5 Å². The van der Waals surface area contributed by atoms with Crippen LogP contribution in [0.1, 0.15) is 30.5 Å². The molecule has 0 atom stereocenters. The molecule has 1 heterocycles. The van der Waals surface area contributed by atoms with Crippen molar-refractivity contribution in [1.82, 2.24) is 10.3 Å². The fraction of sp³-hybridized carbons (Fsp3) is 0.250. The van der Waals surface area contributed by atoms with Gasteiger partial charge in [0.15, 0.2) is 0 Å². The lowest BCUT2D eigenvalue weighted by Gasteiger charge is -2.13. The number of pyridine rings is 1. The molecular formula is C24H27Cl2N3O2. The van der Waals surface area contributed by atoms with Gasteiger partial charge in [0, 0.05) is 53.2 Å². The SMILES string of the molecule is CC(C)C(=O)Nc1cccc(CNCc2cc(Cl)ccc2OCc2cccnc2)c1.Cl. The number of aromatic nitrogens is 1. The van der Waals surface area contributed by atoms with E-state index in [4.69, 9.17) is 16.3 Å². The molecule has 0 radical (unpaired) electrons. The summed E-state index contributed by atoms with van der Waals surface area (Å²) < 4.78 is 5.98. The molecule has 0 unspecified atom stereocenters. The number of amides is 1. The molecule has 0 aliphatic heterocycles. The number of nitrogens with one attached hydrogen (secondary N) is 2. The molecule has 31 heavy (non-hydrogen) atoms. The van der Waals surface area contributed by atoms with E-state index >= 15 is 0 Å². The van der Waals surface area contributed by atoms with E-state index in [1.54, 1.807) is 12.4 Å². The largest absolute Gasteiger partial charge is 0.489 e. The second kappa shape index (κ2) is 12.3. The van der Waals surface area contributed by atoms with E-state index in [2.05, 4.69) is 15.6 Å². The van der Waals surface area contributed by atoms with Gasteiger partial charge in [-0.1, -0.05) is 43.6 Å². The first-order valence-corrected chi connectivity index (χ1v) is 10.3. The zero-order chi connectivity index (χ0) is 21.3. The Morgan fingerprint density at radius 3 is 2.61 bits per heavy atom. The Morgan fingerprint density at radius 1 is 1.06 bits per heavy atom. The van der Waals surface area contributed by atoms with Gasteiger partial charge in [0.25, 0.3) is 0 Å². The van der Waals surface area contributed by atoms with Crippen LogP contribution in [0.2, 0.25) is 5.02 Å². The quantitative estimate of drug-likeness (QED) is 0.435. The Labute approximate surface area is 194 Å². The van der Waals surface area contributed by atoms with E-state index in [9.17, 15) is 4.79 Å². The fourth-order valence-electron chi connectivity index (χ4n) is 2.86. The third-order valence-electron chi connectivity index (χ3n) is 4.50. The lowest BCUT2D eigenvalue weighted by Crippen LogP contribution is -2.18. The zero-order valence-corrected chi connectivity index (χ0v) is 19.2. The van der Waals surface area contributed by atoms with Gasteiger partial charge in [-0.25, -0.2) is 0 Å². The number of carbonyl (C=O) groups is 1. The number of halogens is 2. The highest BCUT2D eigenvalue weighted by molar-refractivity contribution is 6.30. The van der Waals surface area contributed by atoms with Crippen LogP contribution in [0.4, 0.5) is 5.69 Å². The molecule has 0 bridgehead atoms. The Hall–Kier alpha value is -2.60. The predicted octanol–water partition coefficient (Wildman–Crippen LogP) is 5.62. The predicted molar refractivity (Wildman–Crippen MR) is 128 cm³/mol. The van der Waals surface area contributed by atoms with E-state index in [0.717, 1.165) is 28.1 Å². The molecule has 164 valence electrons. The van der Waals surface area contributed by atoms with Crippen LogP contribution < -0.4 is 15.4 Å². The normalized spacial score (nSPS) is 10.5. The Balaban J connectivity index is 0.00000341. The molecule has 5 nitrogen and oxygen atoms in total. The number of hydrogen-bond donors (Lipinski definition) is 2. The van der Waals surface area contributed by atoms with Crippen molar-refractivity contribution in [2.75, 3.05) is 5.32 Å². The van der Waals surface area contributed by atoms with Crippen molar-refractivity contribution in [3.8, 4) is 5.75 Å². The summed E-state index contributed by atoms with van der Waals surface area (Å²) in [5.41, 5.74) is 3.87. The minimum atomic E-state index is -0.0558. The van der Waals surface area contributed by atoms with Gasteiger partial charge in [-0.05, 0) is 42.0 Å². The maximum atomic E-state index is 11.9. The summed E-state index contributed by atoms with van der Waals surface area (Å²) in [6, 6.07) is 17.3. The lowest BCUT2D eigenvalue weighted by atomic mass is 10.1. The van der Waals surface area contributed by atoms with E-state index in [1.165, 1.54) is 0 Å². The van der Waals surface area contributed by atoms with Crippen LogP contribution in [0.5, 0.6) is 5.75 Å². The molecule has 0 saturated heterocycles. The third kappa shape index (κ3) is 7.87. The number of carbonyl (C=O) groups excluding carboxylic acids is 1. The van der Waals surface area contributed by atoms with E-state index in [0.29, 0.717) is 24.7 Å². The average molecular weight is 460 g/mol. The highest BCUT2D eigenvalue weighted by Crippen LogP contribution is 2.24. The van der Waals surface area contributed by atoms with Gasteiger partial charge in [-0.3, -0.25) is 9.78 Å². The van der Waals surface area contributed by atoms with Gasteiger partial charge in [-0.2, -0.15) is 0 Å². The molecule has 0 spiro atoms.